The number of carbonyl (C=O) groups is 1. The molecule has 0 radical (unpaired) electrons. The molecule has 0 saturated carbocycles. The molecular weight excluding hydrogens is 318 g/mol. The average Bonchev–Trinajstić information content (AvgIpc) is 2.92. The molecule has 9 heteroatoms. The first kappa shape index (κ1) is 16.0. The molecule has 0 spiro atoms. The van der Waals surface area contributed by atoms with Crippen molar-refractivity contribution in [1.82, 2.24) is 9.29 Å². The van der Waals surface area contributed by atoms with E-state index >= 15 is 0 Å². The second-order valence-corrected chi connectivity index (χ2v) is 6.51. The minimum atomic E-state index is -3.89. The minimum Gasteiger partial charge on any atom is -0.465 e. The van der Waals surface area contributed by atoms with Gasteiger partial charge in [0.2, 0.25) is 0 Å². The Morgan fingerprint density at radius 2 is 2.38 bits per heavy atom. The highest BCUT2D eigenvalue weighted by atomic mass is 35.5. The van der Waals surface area contributed by atoms with Crippen LogP contribution in [-0.4, -0.2) is 42.9 Å². The molecular formula is C12H16ClN3O4S. The van der Waals surface area contributed by atoms with Gasteiger partial charge in [0, 0.05) is 12.7 Å². The van der Waals surface area contributed by atoms with Crippen LogP contribution >= 0.6 is 11.6 Å². The van der Waals surface area contributed by atoms with E-state index in [0.29, 0.717) is 12.8 Å². The lowest BCUT2D eigenvalue weighted by molar-refractivity contribution is -0.146. The Bertz CT molecular complexity index is 623. The van der Waals surface area contributed by atoms with Gasteiger partial charge in [-0.05, 0) is 25.8 Å². The fraction of sp³-hybridized carbons (Fsp3) is 0.500. The van der Waals surface area contributed by atoms with Crippen LogP contribution < -0.4 is 4.72 Å². The quantitative estimate of drug-likeness (QED) is 0.823. The molecule has 1 fully saturated rings. The Morgan fingerprint density at radius 1 is 1.62 bits per heavy atom. The number of nitrogens with one attached hydrogen (secondary N) is 1. The molecule has 1 saturated heterocycles. The number of halogens is 1. The van der Waals surface area contributed by atoms with Gasteiger partial charge < -0.3 is 4.74 Å². The van der Waals surface area contributed by atoms with Gasteiger partial charge in [-0.25, -0.2) is 0 Å². The summed E-state index contributed by atoms with van der Waals surface area (Å²) in [4.78, 5) is 15.6. The number of anilines is 1. The molecule has 1 atom stereocenters. The van der Waals surface area contributed by atoms with Gasteiger partial charge in [-0.15, -0.1) is 0 Å². The van der Waals surface area contributed by atoms with Gasteiger partial charge in [-0.1, -0.05) is 11.6 Å². The summed E-state index contributed by atoms with van der Waals surface area (Å²) in [7, 11) is -3.89. The highest BCUT2D eigenvalue weighted by molar-refractivity contribution is 7.90. The van der Waals surface area contributed by atoms with Gasteiger partial charge in [0.05, 0.1) is 23.5 Å². The van der Waals surface area contributed by atoms with Gasteiger partial charge in [0.1, 0.15) is 6.04 Å². The van der Waals surface area contributed by atoms with Crippen molar-refractivity contribution in [3.8, 4) is 0 Å². The van der Waals surface area contributed by atoms with Crippen molar-refractivity contribution < 1.29 is 17.9 Å². The van der Waals surface area contributed by atoms with E-state index in [1.807, 2.05) is 0 Å². The number of ether oxygens (including phenoxy) is 1. The summed E-state index contributed by atoms with van der Waals surface area (Å²) in [6.45, 7) is 2.15. The second-order valence-electron chi connectivity index (χ2n) is 4.48. The Hall–Kier alpha value is -1.38. The maximum atomic E-state index is 12.4. The molecule has 7 nitrogen and oxygen atoms in total. The maximum Gasteiger partial charge on any atom is 0.324 e. The van der Waals surface area contributed by atoms with Crippen molar-refractivity contribution in [2.45, 2.75) is 25.8 Å². The van der Waals surface area contributed by atoms with Crippen molar-refractivity contribution >= 4 is 33.5 Å². The summed E-state index contributed by atoms with van der Waals surface area (Å²) in [5.74, 6) is -0.530. The van der Waals surface area contributed by atoms with Crippen molar-refractivity contribution in [3.63, 3.8) is 0 Å². The molecule has 0 bridgehead atoms. The van der Waals surface area contributed by atoms with Gasteiger partial charge >= 0.3 is 16.2 Å². The van der Waals surface area contributed by atoms with Gasteiger partial charge in [-0.3, -0.25) is 14.5 Å². The van der Waals surface area contributed by atoms with Crippen LogP contribution in [0.3, 0.4) is 0 Å². The summed E-state index contributed by atoms with van der Waals surface area (Å²) in [6.07, 6.45) is 3.82. The molecule has 1 aromatic rings. The van der Waals surface area contributed by atoms with Crippen molar-refractivity contribution in [1.29, 1.82) is 0 Å². The lowest BCUT2D eigenvalue weighted by Gasteiger charge is -2.23. The van der Waals surface area contributed by atoms with Crippen LogP contribution in [-0.2, 0) is 19.7 Å². The fourth-order valence-corrected chi connectivity index (χ4v) is 3.81. The first-order chi connectivity index (χ1) is 9.95. The first-order valence-corrected chi connectivity index (χ1v) is 8.33. The number of hydrogen-bond acceptors (Lipinski definition) is 5. The number of pyridine rings is 1. The number of esters is 1. The number of hydrogen-bond donors (Lipinski definition) is 1. The SMILES string of the molecule is CCOC(=O)C1CCCN1S(=O)(=O)Nc1cnccc1Cl. The molecule has 2 heterocycles. The van der Waals surface area contributed by atoms with E-state index in [-0.39, 0.29) is 23.9 Å². The van der Waals surface area contributed by atoms with Gasteiger partial charge in [-0.2, -0.15) is 12.7 Å². The molecule has 21 heavy (non-hydrogen) atoms. The van der Waals surface area contributed by atoms with E-state index in [1.165, 1.54) is 18.5 Å². The summed E-state index contributed by atoms with van der Waals surface area (Å²) >= 11 is 5.91. The predicted molar refractivity (Wildman–Crippen MR) is 78.2 cm³/mol. The third-order valence-electron chi connectivity index (χ3n) is 3.08. The lowest BCUT2D eigenvalue weighted by atomic mass is 10.2. The fourth-order valence-electron chi connectivity index (χ4n) is 2.15. The Kier molecular flexibility index (Phi) is 5.02. The summed E-state index contributed by atoms with van der Waals surface area (Å²) in [5, 5.41) is 0.237. The van der Waals surface area contributed by atoms with E-state index in [4.69, 9.17) is 16.3 Å². The Labute approximate surface area is 128 Å². The summed E-state index contributed by atoms with van der Waals surface area (Å²) in [6, 6.07) is 0.685. The van der Waals surface area contributed by atoms with Crippen LogP contribution in [0, 0.1) is 0 Å². The summed E-state index contributed by atoms with van der Waals surface area (Å²) in [5.41, 5.74) is 0.175. The minimum absolute atomic E-state index is 0.175. The molecule has 0 aromatic carbocycles. The molecule has 1 aliphatic rings. The Morgan fingerprint density at radius 3 is 3.05 bits per heavy atom. The molecule has 0 amide bonds. The maximum absolute atomic E-state index is 12.4. The van der Waals surface area contributed by atoms with Crippen LogP contribution in [0.4, 0.5) is 5.69 Å². The highest BCUT2D eigenvalue weighted by Gasteiger charge is 2.39. The molecule has 1 unspecified atom stereocenters. The molecule has 2 rings (SSSR count). The van der Waals surface area contributed by atoms with E-state index in [2.05, 4.69) is 9.71 Å². The zero-order valence-electron chi connectivity index (χ0n) is 11.5. The molecule has 1 aliphatic heterocycles. The highest BCUT2D eigenvalue weighted by Crippen LogP contribution is 2.26. The first-order valence-electron chi connectivity index (χ1n) is 6.51. The van der Waals surface area contributed by atoms with E-state index in [0.717, 1.165) is 4.31 Å². The standard InChI is InChI=1S/C12H16ClN3O4S/c1-2-20-12(17)11-4-3-7-16(11)21(18,19)15-10-8-14-6-5-9(10)13/h5-6,8,11,15H,2-4,7H2,1H3. The van der Waals surface area contributed by atoms with Crippen LogP contribution in [0.5, 0.6) is 0 Å². The monoisotopic (exact) mass is 333 g/mol. The molecule has 116 valence electrons. The number of aromatic nitrogens is 1. The largest absolute Gasteiger partial charge is 0.465 e. The van der Waals surface area contributed by atoms with E-state index in [9.17, 15) is 13.2 Å². The Balaban J connectivity index is 2.19. The molecule has 0 aliphatic carbocycles. The normalized spacial score (nSPS) is 19.4. The number of rotatable bonds is 5. The zero-order chi connectivity index (χ0) is 15.5. The van der Waals surface area contributed by atoms with Crippen LogP contribution in [0.2, 0.25) is 5.02 Å². The van der Waals surface area contributed by atoms with Crippen molar-refractivity contribution in [3.05, 3.63) is 23.5 Å². The predicted octanol–water partition coefficient (Wildman–Crippen LogP) is 1.42. The van der Waals surface area contributed by atoms with Crippen LogP contribution in [0.25, 0.3) is 0 Å². The zero-order valence-corrected chi connectivity index (χ0v) is 13.0. The molecule has 1 aromatic heterocycles. The second kappa shape index (κ2) is 6.59. The average molecular weight is 334 g/mol. The van der Waals surface area contributed by atoms with E-state index in [1.54, 1.807) is 6.92 Å². The topological polar surface area (TPSA) is 88.6 Å². The third kappa shape index (κ3) is 3.63. The van der Waals surface area contributed by atoms with Crippen LogP contribution in [0.15, 0.2) is 18.5 Å². The lowest BCUT2D eigenvalue weighted by Crippen LogP contribution is -2.44. The van der Waals surface area contributed by atoms with Crippen LogP contribution in [0.1, 0.15) is 19.8 Å². The summed E-state index contributed by atoms with van der Waals surface area (Å²) < 4.78 is 33.2. The van der Waals surface area contributed by atoms with Crippen molar-refractivity contribution in [2.75, 3.05) is 17.9 Å². The smallest absolute Gasteiger partial charge is 0.324 e. The van der Waals surface area contributed by atoms with E-state index < -0.39 is 22.2 Å². The van der Waals surface area contributed by atoms with Gasteiger partial charge in [0.15, 0.2) is 0 Å². The number of carbonyl (C=O) groups excluding carboxylic acids is 1. The number of nitrogens with zero attached hydrogens (tertiary/aromatic N) is 2. The molecule has 1 N–H and O–H groups in total. The van der Waals surface area contributed by atoms with Gasteiger partial charge in [0.25, 0.3) is 0 Å². The third-order valence-corrected chi connectivity index (χ3v) is 4.94. The van der Waals surface area contributed by atoms with Crippen molar-refractivity contribution in [2.24, 2.45) is 0 Å².